The van der Waals surface area contributed by atoms with E-state index in [1.807, 2.05) is 13.1 Å². The molecule has 5 heteroatoms. The van der Waals surface area contributed by atoms with Crippen molar-refractivity contribution in [3.63, 3.8) is 0 Å². The summed E-state index contributed by atoms with van der Waals surface area (Å²) < 4.78 is 1.78. The molecule has 0 amide bonds. The lowest BCUT2D eigenvalue weighted by molar-refractivity contribution is 0.968. The zero-order valence-corrected chi connectivity index (χ0v) is 8.14. The van der Waals surface area contributed by atoms with Crippen LogP contribution < -0.4 is 5.32 Å². The first-order valence-electron chi connectivity index (χ1n) is 3.97. The highest BCUT2D eigenvalue weighted by Crippen LogP contribution is 2.18. The molecule has 68 valence electrons. The van der Waals surface area contributed by atoms with Crippen LogP contribution in [0.3, 0.4) is 0 Å². The van der Waals surface area contributed by atoms with Gasteiger partial charge in [-0.3, -0.25) is 0 Å². The largest absolute Gasteiger partial charge is 0.357 e. The van der Waals surface area contributed by atoms with Gasteiger partial charge in [0.25, 0.3) is 0 Å². The minimum atomic E-state index is 0.732. The Balaban J connectivity index is 2.28. The van der Waals surface area contributed by atoms with Crippen LogP contribution >= 0.6 is 11.3 Å². The van der Waals surface area contributed by atoms with Crippen LogP contribution in [-0.2, 0) is 0 Å². The molecule has 0 bridgehead atoms. The SMILES string of the molecule is C=CCNc1nn2cc(C)nc2s1. The molecular weight excluding hydrogens is 184 g/mol. The third-order valence-electron chi connectivity index (χ3n) is 1.56. The molecule has 0 atom stereocenters. The highest BCUT2D eigenvalue weighted by atomic mass is 32.1. The highest BCUT2D eigenvalue weighted by molar-refractivity contribution is 7.20. The maximum Gasteiger partial charge on any atom is 0.214 e. The maximum absolute atomic E-state index is 4.30. The summed E-state index contributed by atoms with van der Waals surface area (Å²) in [6.07, 6.45) is 3.71. The van der Waals surface area contributed by atoms with Crippen molar-refractivity contribution in [2.45, 2.75) is 6.92 Å². The first kappa shape index (κ1) is 8.25. The topological polar surface area (TPSA) is 42.2 Å². The van der Waals surface area contributed by atoms with Crippen LogP contribution in [0.15, 0.2) is 18.9 Å². The van der Waals surface area contributed by atoms with Crippen LogP contribution in [0, 0.1) is 6.92 Å². The summed E-state index contributed by atoms with van der Waals surface area (Å²) in [5.41, 5.74) is 0.994. The van der Waals surface area contributed by atoms with E-state index in [0.717, 1.165) is 22.3 Å². The fourth-order valence-electron chi connectivity index (χ4n) is 1.04. The van der Waals surface area contributed by atoms with Gasteiger partial charge in [0.05, 0.1) is 11.9 Å². The molecule has 0 saturated carbocycles. The van der Waals surface area contributed by atoms with Gasteiger partial charge in [0, 0.05) is 6.54 Å². The lowest BCUT2D eigenvalue weighted by atomic mass is 10.6. The second-order valence-corrected chi connectivity index (χ2v) is 3.64. The van der Waals surface area contributed by atoms with Gasteiger partial charge >= 0.3 is 0 Å². The average Bonchev–Trinajstić information content (AvgIpc) is 2.57. The zero-order chi connectivity index (χ0) is 9.26. The number of aryl methyl sites for hydroxylation is 1. The Morgan fingerprint density at radius 2 is 2.62 bits per heavy atom. The molecule has 2 rings (SSSR count). The van der Waals surface area contributed by atoms with Crippen molar-refractivity contribution >= 4 is 21.4 Å². The quantitative estimate of drug-likeness (QED) is 0.756. The molecule has 2 heterocycles. The number of hydrogen-bond acceptors (Lipinski definition) is 4. The summed E-state index contributed by atoms with van der Waals surface area (Å²) in [5, 5.41) is 8.28. The number of nitrogens with one attached hydrogen (secondary N) is 1. The van der Waals surface area contributed by atoms with E-state index in [4.69, 9.17) is 0 Å². The Bertz CT molecular complexity index is 397. The molecule has 13 heavy (non-hydrogen) atoms. The summed E-state index contributed by atoms with van der Waals surface area (Å²) in [5.74, 6) is 0. The average molecular weight is 194 g/mol. The van der Waals surface area contributed by atoms with Crippen LogP contribution in [0.2, 0.25) is 0 Å². The third-order valence-corrected chi connectivity index (χ3v) is 2.44. The van der Waals surface area contributed by atoms with Crippen molar-refractivity contribution < 1.29 is 0 Å². The molecule has 4 nitrogen and oxygen atoms in total. The van der Waals surface area contributed by atoms with Crippen LogP contribution in [0.4, 0.5) is 5.13 Å². The summed E-state index contributed by atoms with van der Waals surface area (Å²) in [6.45, 7) is 6.31. The second-order valence-electron chi connectivity index (χ2n) is 2.69. The van der Waals surface area contributed by atoms with Gasteiger partial charge in [-0.1, -0.05) is 17.4 Å². The minimum Gasteiger partial charge on any atom is -0.357 e. The van der Waals surface area contributed by atoms with Crippen molar-refractivity contribution in [3.05, 3.63) is 24.5 Å². The summed E-state index contributed by atoms with van der Waals surface area (Å²) in [4.78, 5) is 5.22. The third kappa shape index (κ3) is 1.55. The second kappa shape index (κ2) is 3.18. The van der Waals surface area contributed by atoms with Gasteiger partial charge in [-0.2, -0.15) is 0 Å². The molecule has 0 radical (unpaired) electrons. The number of fused-ring (bicyclic) bond motifs is 1. The number of aromatic nitrogens is 3. The molecule has 0 spiro atoms. The van der Waals surface area contributed by atoms with Gasteiger partial charge in [-0.25, -0.2) is 9.50 Å². The Morgan fingerprint density at radius 1 is 1.77 bits per heavy atom. The van der Waals surface area contributed by atoms with E-state index in [2.05, 4.69) is 22.0 Å². The molecule has 2 aromatic heterocycles. The molecular formula is C8H10N4S. The van der Waals surface area contributed by atoms with Gasteiger partial charge < -0.3 is 5.32 Å². The molecule has 0 aliphatic rings. The molecule has 0 aliphatic heterocycles. The van der Waals surface area contributed by atoms with E-state index in [-0.39, 0.29) is 0 Å². The predicted molar refractivity (Wildman–Crippen MR) is 54.3 cm³/mol. The van der Waals surface area contributed by atoms with Gasteiger partial charge in [-0.05, 0) is 6.92 Å². The predicted octanol–water partition coefficient (Wildman–Crippen LogP) is 1.70. The van der Waals surface area contributed by atoms with Crippen LogP contribution in [0.1, 0.15) is 5.69 Å². The monoisotopic (exact) mass is 194 g/mol. The molecule has 0 saturated heterocycles. The summed E-state index contributed by atoms with van der Waals surface area (Å²) >= 11 is 1.54. The van der Waals surface area contributed by atoms with Crippen LogP contribution in [-0.4, -0.2) is 21.1 Å². The highest BCUT2D eigenvalue weighted by Gasteiger charge is 2.04. The molecule has 0 unspecified atom stereocenters. The fraction of sp³-hybridized carbons (Fsp3) is 0.250. The number of nitrogens with zero attached hydrogens (tertiary/aromatic N) is 3. The Hall–Kier alpha value is -1.36. The normalized spacial score (nSPS) is 10.5. The molecule has 0 aliphatic carbocycles. The van der Waals surface area contributed by atoms with Gasteiger partial charge in [0.15, 0.2) is 0 Å². The van der Waals surface area contributed by atoms with Gasteiger partial charge in [0.2, 0.25) is 10.1 Å². The number of imidazole rings is 1. The van der Waals surface area contributed by atoms with E-state index >= 15 is 0 Å². The fourth-order valence-corrected chi connectivity index (χ4v) is 1.87. The lowest BCUT2D eigenvalue weighted by Gasteiger charge is -1.92. The van der Waals surface area contributed by atoms with Crippen molar-refractivity contribution in [2.75, 3.05) is 11.9 Å². The standard InChI is InChI=1S/C8H10N4S/c1-3-4-9-7-11-12-5-6(2)10-8(12)13-7/h3,5H,1,4H2,2H3,(H,9,11). The first-order chi connectivity index (χ1) is 6.29. The Morgan fingerprint density at radius 3 is 3.31 bits per heavy atom. The van der Waals surface area contributed by atoms with E-state index < -0.39 is 0 Å². The van der Waals surface area contributed by atoms with Crippen molar-refractivity contribution in [1.29, 1.82) is 0 Å². The van der Waals surface area contributed by atoms with E-state index in [1.165, 1.54) is 11.3 Å². The number of anilines is 1. The first-order valence-corrected chi connectivity index (χ1v) is 4.79. The number of hydrogen-bond donors (Lipinski definition) is 1. The van der Waals surface area contributed by atoms with Crippen molar-refractivity contribution in [2.24, 2.45) is 0 Å². The molecule has 1 N–H and O–H groups in total. The molecule has 0 fully saturated rings. The van der Waals surface area contributed by atoms with E-state index in [0.29, 0.717) is 0 Å². The van der Waals surface area contributed by atoms with Crippen molar-refractivity contribution in [1.82, 2.24) is 14.6 Å². The lowest BCUT2D eigenvalue weighted by Crippen LogP contribution is -1.97. The van der Waals surface area contributed by atoms with Crippen molar-refractivity contribution in [3.8, 4) is 0 Å². The zero-order valence-electron chi connectivity index (χ0n) is 7.32. The maximum atomic E-state index is 4.30. The summed E-state index contributed by atoms with van der Waals surface area (Å²) in [7, 11) is 0. The molecule has 2 aromatic rings. The molecule has 0 aromatic carbocycles. The van der Waals surface area contributed by atoms with Gasteiger partial charge in [0.1, 0.15) is 0 Å². The smallest absolute Gasteiger partial charge is 0.214 e. The van der Waals surface area contributed by atoms with E-state index in [9.17, 15) is 0 Å². The number of rotatable bonds is 3. The Labute approximate surface area is 79.9 Å². The minimum absolute atomic E-state index is 0.732. The Kier molecular flexibility index (Phi) is 2.02. The van der Waals surface area contributed by atoms with Gasteiger partial charge in [-0.15, -0.1) is 11.7 Å². The summed E-state index contributed by atoms with van der Waals surface area (Å²) in [6, 6.07) is 0. The van der Waals surface area contributed by atoms with Crippen LogP contribution in [0.25, 0.3) is 4.96 Å². The van der Waals surface area contributed by atoms with Crippen LogP contribution in [0.5, 0.6) is 0 Å². The van der Waals surface area contributed by atoms with E-state index in [1.54, 1.807) is 10.6 Å².